The maximum absolute atomic E-state index is 12.4. The molecule has 0 saturated heterocycles. The summed E-state index contributed by atoms with van der Waals surface area (Å²) in [5.74, 6) is 0. The smallest absolute Gasteiger partial charge is 0.323 e. The number of rotatable bonds is 3. The molecule has 124 valence electrons. The molecule has 0 aliphatic heterocycles. The zero-order chi connectivity index (χ0) is 17.3. The first-order chi connectivity index (χ1) is 9.95. The van der Waals surface area contributed by atoms with Crippen molar-refractivity contribution in [2.45, 2.75) is 45.5 Å². The lowest BCUT2D eigenvalue weighted by Gasteiger charge is -2.41. The Kier molecular flexibility index (Phi) is 5.46. The molecule has 0 aliphatic rings. The second-order valence-corrected chi connectivity index (χ2v) is 12.8. The van der Waals surface area contributed by atoms with E-state index in [2.05, 4.69) is 33.9 Å². The van der Waals surface area contributed by atoms with Crippen molar-refractivity contribution in [1.29, 1.82) is 0 Å². The zero-order valence-electron chi connectivity index (χ0n) is 15.2. The monoisotopic (exact) mass is 322 g/mol. The van der Waals surface area contributed by atoms with Crippen LogP contribution in [0.15, 0.2) is 18.2 Å². The van der Waals surface area contributed by atoms with Crippen molar-refractivity contribution in [2.24, 2.45) is 0 Å². The van der Waals surface area contributed by atoms with Crippen LogP contribution in [0, 0.1) is 0 Å². The molecule has 1 aromatic rings. The summed E-state index contributed by atoms with van der Waals surface area (Å²) < 4.78 is 0. The molecular weight excluding hydrogens is 292 g/mol. The number of amides is 2. The molecule has 1 aromatic carbocycles. The molecule has 1 N–H and O–H groups in total. The Morgan fingerprint density at radius 2 is 1.73 bits per heavy atom. The highest BCUT2D eigenvalue weighted by atomic mass is 28.3. The van der Waals surface area contributed by atoms with Gasteiger partial charge in [0, 0.05) is 26.8 Å². The lowest BCUT2D eigenvalue weighted by Crippen LogP contribution is -2.54. The molecule has 0 aliphatic carbocycles. The van der Waals surface area contributed by atoms with Crippen LogP contribution in [0.1, 0.15) is 26.3 Å². The van der Waals surface area contributed by atoms with E-state index in [1.165, 1.54) is 5.19 Å². The summed E-state index contributed by atoms with van der Waals surface area (Å²) >= 11 is 0. The van der Waals surface area contributed by atoms with Gasteiger partial charge in [0.1, 0.15) is 0 Å². The Morgan fingerprint density at radius 3 is 2.14 bits per heavy atom. The summed E-state index contributed by atoms with van der Waals surface area (Å²) in [6, 6.07) is 5.80. The maximum atomic E-state index is 12.4. The highest BCUT2D eigenvalue weighted by Crippen LogP contribution is 2.38. The molecule has 5 heteroatoms. The van der Waals surface area contributed by atoms with Crippen LogP contribution in [0.2, 0.25) is 18.1 Å². The normalized spacial score (nSPS) is 12.2. The van der Waals surface area contributed by atoms with Gasteiger partial charge in [-0.3, -0.25) is 4.90 Å². The number of carbonyl (C=O) groups excluding carboxylic acids is 1. The molecule has 1 rings (SSSR count). The number of carbonyl (C=O) groups is 1. The average Bonchev–Trinajstić information content (AvgIpc) is 2.43. The fourth-order valence-corrected chi connectivity index (χ4v) is 5.10. The van der Waals surface area contributed by atoms with E-state index in [0.717, 1.165) is 11.3 Å². The van der Waals surface area contributed by atoms with Crippen molar-refractivity contribution in [3.05, 3.63) is 23.8 Å². The molecule has 0 spiro atoms. The second-order valence-electron chi connectivity index (χ2n) is 7.58. The number of urea groups is 1. The Bertz CT molecular complexity index is 548. The van der Waals surface area contributed by atoms with Crippen molar-refractivity contribution in [3.8, 4) is 0 Å². The van der Waals surface area contributed by atoms with E-state index in [-0.39, 0.29) is 17.7 Å². The predicted molar refractivity (Wildman–Crippen MR) is 96.7 cm³/mol. The largest absolute Gasteiger partial charge is 0.392 e. The van der Waals surface area contributed by atoms with Gasteiger partial charge in [0.25, 0.3) is 0 Å². The fraction of sp³-hybridized carbons (Fsp3) is 0.588. The van der Waals surface area contributed by atoms with Gasteiger partial charge in [-0.25, -0.2) is 4.79 Å². The number of benzene rings is 1. The molecule has 0 radical (unpaired) electrons. The zero-order valence-corrected chi connectivity index (χ0v) is 16.2. The van der Waals surface area contributed by atoms with Crippen molar-refractivity contribution in [2.75, 3.05) is 26.0 Å². The summed E-state index contributed by atoms with van der Waals surface area (Å²) in [6.07, 6.45) is 0. The third kappa shape index (κ3) is 3.36. The second kappa shape index (κ2) is 6.42. The predicted octanol–water partition coefficient (Wildman–Crippen LogP) is 3.01. The van der Waals surface area contributed by atoms with E-state index in [1.807, 2.05) is 18.2 Å². The number of aliphatic hydroxyl groups is 1. The van der Waals surface area contributed by atoms with Crippen LogP contribution < -0.4 is 10.1 Å². The molecule has 0 atom stereocenters. The summed E-state index contributed by atoms with van der Waals surface area (Å²) in [6.45, 7) is 11.3. The first kappa shape index (κ1) is 18.7. The van der Waals surface area contributed by atoms with Gasteiger partial charge >= 0.3 is 6.03 Å². The third-order valence-corrected chi connectivity index (χ3v) is 10.4. The lowest BCUT2D eigenvalue weighted by atomic mass is 10.2. The topological polar surface area (TPSA) is 43.8 Å². The standard InChI is InChI=1S/C17H30N2O2Si/c1-17(2,3)22(7,8)15-13(12-20)10-9-11-14(15)19(6)16(21)18(4)5/h9-11,20H,12H2,1-8H3. The van der Waals surface area contributed by atoms with Gasteiger partial charge in [-0.15, -0.1) is 0 Å². The number of hydrogen-bond acceptors (Lipinski definition) is 2. The van der Waals surface area contributed by atoms with Crippen molar-refractivity contribution < 1.29 is 9.90 Å². The minimum atomic E-state index is -1.91. The van der Waals surface area contributed by atoms with Gasteiger partial charge in [-0.05, 0) is 21.9 Å². The van der Waals surface area contributed by atoms with Crippen molar-refractivity contribution in [1.82, 2.24) is 4.90 Å². The Labute approximate surface area is 135 Å². The molecule has 22 heavy (non-hydrogen) atoms. The van der Waals surface area contributed by atoms with Crippen LogP contribution in [0.25, 0.3) is 0 Å². The van der Waals surface area contributed by atoms with Crippen molar-refractivity contribution in [3.63, 3.8) is 0 Å². The number of hydrogen-bond donors (Lipinski definition) is 1. The Hall–Kier alpha value is -1.33. The summed E-state index contributed by atoms with van der Waals surface area (Å²) in [7, 11) is 3.40. The summed E-state index contributed by atoms with van der Waals surface area (Å²) in [4.78, 5) is 15.6. The molecule has 4 nitrogen and oxygen atoms in total. The number of anilines is 1. The van der Waals surface area contributed by atoms with Crippen LogP contribution in [0.5, 0.6) is 0 Å². The molecule has 0 unspecified atom stereocenters. The average molecular weight is 323 g/mol. The highest BCUT2D eigenvalue weighted by molar-refractivity contribution is 6.93. The summed E-state index contributed by atoms with van der Waals surface area (Å²) in [5.41, 5.74) is 1.85. The molecule has 0 fully saturated rings. The van der Waals surface area contributed by atoms with Crippen molar-refractivity contribution >= 4 is 25.0 Å². The lowest BCUT2D eigenvalue weighted by molar-refractivity contribution is 0.225. The van der Waals surface area contributed by atoms with Gasteiger partial charge in [0.05, 0.1) is 14.7 Å². The van der Waals surface area contributed by atoms with E-state index in [0.29, 0.717) is 0 Å². The Balaban J connectivity index is 3.58. The van der Waals surface area contributed by atoms with Gasteiger partial charge in [-0.1, -0.05) is 46.0 Å². The van der Waals surface area contributed by atoms with Crippen LogP contribution in [-0.2, 0) is 6.61 Å². The first-order valence-corrected chi connectivity index (χ1v) is 10.6. The van der Waals surface area contributed by atoms with Crippen LogP contribution in [-0.4, -0.2) is 45.3 Å². The highest BCUT2D eigenvalue weighted by Gasteiger charge is 2.40. The molecule has 0 bridgehead atoms. The van der Waals surface area contributed by atoms with Crippen LogP contribution in [0.4, 0.5) is 10.5 Å². The van der Waals surface area contributed by atoms with E-state index in [9.17, 15) is 9.90 Å². The van der Waals surface area contributed by atoms with E-state index >= 15 is 0 Å². The minimum absolute atomic E-state index is 0.000319. The number of nitrogens with zero attached hydrogens (tertiary/aromatic N) is 2. The molecule has 2 amide bonds. The van der Waals surface area contributed by atoms with Gasteiger partial charge in [-0.2, -0.15) is 0 Å². The molecule has 0 heterocycles. The van der Waals surface area contributed by atoms with E-state index < -0.39 is 8.07 Å². The summed E-state index contributed by atoms with van der Waals surface area (Å²) in [5, 5.41) is 11.1. The molecule has 0 aromatic heterocycles. The SMILES string of the molecule is CN(C)C(=O)N(C)c1cccc(CO)c1[Si](C)(C)C(C)(C)C. The van der Waals surface area contributed by atoms with Gasteiger partial charge in [0.15, 0.2) is 0 Å². The van der Waals surface area contributed by atoms with E-state index in [1.54, 1.807) is 30.9 Å². The fourth-order valence-electron chi connectivity index (χ4n) is 2.50. The number of aliphatic hydroxyl groups excluding tert-OH is 1. The molecule has 0 saturated carbocycles. The van der Waals surface area contributed by atoms with Gasteiger partial charge in [0.2, 0.25) is 0 Å². The van der Waals surface area contributed by atoms with Crippen LogP contribution >= 0.6 is 0 Å². The minimum Gasteiger partial charge on any atom is -0.392 e. The third-order valence-electron chi connectivity index (χ3n) is 4.83. The van der Waals surface area contributed by atoms with E-state index in [4.69, 9.17) is 0 Å². The van der Waals surface area contributed by atoms with Crippen LogP contribution in [0.3, 0.4) is 0 Å². The quantitative estimate of drug-likeness (QED) is 0.869. The molecular formula is C17H30N2O2Si. The first-order valence-electron chi connectivity index (χ1n) is 7.63. The van der Waals surface area contributed by atoms with Gasteiger partial charge < -0.3 is 10.0 Å². The maximum Gasteiger partial charge on any atom is 0.323 e. The Morgan fingerprint density at radius 1 is 1.18 bits per heavy atom.